The van der Waals surface area contributed by atoms with E-state index in [2.05, 4.69) is 43.5 Å². The average Bonchev–Trinajstić information content (AvgIpc) is 3.05. The molecular formula is C37H69NO8. The Morgan fingerprint density at radius 2 is 1.28 bits per heavy atom. The van der Waals surface area contributed by atoms with E-state index >= 15 is 0 Å². The van der Waals surface area contributed by atoms with Crippen LogP contribution in [0.2, 0.25) is 0 Å². The van der Waals surface area contributed by atoms with E-state index in [4.69, 9.17) is 9.47 Å². The van der Waals surface area contributed by atoms with Gasteiger partial charge in [0.05, 0.1) is 25.4 Å². The first-order valence-corrected chi connectivity index (χ1v) is 18.5. The molecule has 1 saturated heterocycles. The van der Waals surface area contributed by atoms with Crippen LogP contribution in [0.1, 0.15) is 149 Å². The van der Waals surface area contributed by atoms with Gasteiger partial charge in [-0.1, -0.05) is 122 Å². The fourth-order valence-corrected chi connectivity index (χ4v) is 5.72. The summed E-state index contributed by atoms with van der Waals surface area (Å²) in [7, 11) is 0. The standard InChI is InChI=1S/C37H69NO8/c1-3-5-7-9-11-12-13-14-15-16-17-18-19-20-21-23-25-27-33(41)38-30(31(40)26-24-22-10-8-6-4-2)29-45-37-36(44)35(43)34(42)32(28-39)46-37/h11-12,14-15,30-32,34-37,39-40,42-44H,3-10,13,16-29H2,1-2H3,(H,38,41)/b12-11-,15-14-. The van der Waals surface area contributed by atoms with Gasteiger partial charge in [-0.05, 0) is 44.9 Å². The second-order valence-corrected chi connectivity index (χ2v) is 13.0. The summed E-state index contributed by atoms with van der Waals surface area (Å²) in [6, 6.07) is -0.716. The lowest BCUT2D eigenvalue weighted by molar-refractivity contribution is -0.302. The fourth-order valence-electron chi connectivity index (χ4n) is 5.72. The molecule has 0 aromatic heterocycles. The lowest BCUT2D eigenvalue weighted by Gasteiger charge is -2.40. The van der Waals surface area contributed by atoms with Gasteiger partial charge < -0.3 is 40.3 Å². The zero-order valence-electron chi connectivity index (χ0n) is 29.1. The number of hydrogen-bond acceptors (Lipinski definition) is 8. The third kappa shape index (κ3) is 20.1. The average molecular weight is 656 g/mol. The summed E-state index contributed by atoms with van der Waals surface area (Å²) >= 11 is 0. The Hall–Kier alpha value is -1.33. The molecule has 9 heteroatoms. The van der Waals surface area contributed by atoms with E-state index in [0.29, 0.717) is 12.8 Å². The van der Waals surface area contributed by atoms with Crippen LogP contribution in [0.4, 0.5) is 0 Å². The maximum Gasteiger partial charge on any atom is 0.220 e. The summed E-state index contributed by atoms with van der Waals surface area (Å²) in [5.41, 5.74) is 0. The van der Waals surface area contributed by atoms with Gasteiger partial charge in [0.15, 0.2) is 6.29 Å². The minimum atomic E-state index is -1.55. The molecule has 0 aliphatic carbocycles. The van der Waals surface area contributed by atoms with Gasteiger partial charge in [0.25, 0.3) is 0 Å². The predicted octanol–water partition coefficient (Wildman–Crippen LogP) is 5.99. The Kier molecular flexibility index (Phi) is 26.6. The smallest absolute Gasteiger partial charge is 0.220 e. The molecule has 1 aliphatic rings. The van der Waals surface area contributed by atoms with Gasteiger partial charge in [0.2, 0.25) is 5.91 Å². The molecule has 6 N–H and O–H groups in total. The number of carbonyl (C=O) groups excluding carboxylic acids is 1. The molecule has 1 heterocycles. The van der Waals surface area contributed by atoms with Crippen molar-refractivity contribution >= 4 is 5.91 Å². The van der Waals surface area contributed by atoms with Crippen LogP contribution in [0.3, 0.4) is 0 Å². The van der Waals surface area contributed by atoms with Gasteiger partial charge >= 0.3 is 0 Å². The Morgan fingerprint density at radius 1 is 0.739 bits per heavy atom. The minimum absolute atomic E-state index is 0.142. The highest BCUT2D eigenvalue weighted by atomic mass is 16.7. The van der Waals surface area contributed by atoms with Crippen molar-refractivity contribution in [2.24, 2.45) is 0 Å². The Labute approximate surface area is 279 Å². The van der Waals surface area contributed by atoms with Crippen LogP contribution in [0.15, 0.2) is 24.3 Å². The number of hydrogen-bond donors (Lipinski definition) is 6. The molecule has 1 aliphatic heterocycles. The number of rotatable bonds is 29. The first-order chi connectivity index (χ1) is 22.3. The molecule has 9 nitrogen and oxygen atoms in total. The van der Waals surface area contributed by atoms with E-state index in [1.165, 1.54) is 70.6 Å². The van der Waals surface area contributed by atoms with Crippen molar-refractivity contribution in [3.05, 3.63) is 24.3 Å². The van der Waals surface area contributed by atoms with Gasteiger partial charge in [-0.3, -0.25) is 4.79 Å². The maximum atomic E-state index is 12.8. The fraction of sp³-hybridized carbons (Fsp3) is 0.865. The van der Waals surface area contributed by atoms with E-state index in [1.807, 2.05) is 0 Å². The maximum absolute atomic E-state index is 12.8. The molecule has 1 rings (SSSR count). The summed E-state index contributed by atoms with van der Waals surface area (Å²) in [5, 5.41) is 53.7. The molecule has 0 aromatic carbocycles. The third-order valence-electron chi connectivity index (χ3n) is 8.81. The highest BCUT2D eigenvalue weighted by Gasteiger charge is 2.44. The van der Waals surface area contributed by atoms with E-state index in [-0.39, 0.29) is 12.5 Å². The molecule has 270 valence electrons. The lowest BCUT2D eigenvalue weighted by Crippen LogP contribution is -2.60. The number of nitrogens with one attached hydrogen (secondary N) is 1. The second kappa shape index (κ2) is 28.7. The third-order valence-corrected chi connectivity index (χ3v) is 8.81. The van der Waals surface area contributed by atoms with E-state index < -0.39 is 49.5 Å². The normalized spacial score (nSPS) is 23.3. The Balaban J connectivity index is 2.34. The highest BCUT2D eigenvalue weighted by molar-refractivity contribution is 5.76. The molecule has 0 radical (unpaired) electrons. The Morgan fingerprint density at radius 3 is 1.91 bits per heavy atom. The minimum Gasteiger partial charge on any atom is -0.394 e. The lowest BCUT2D eigenvalue weighted by atomic mass is 9.99. The van der Waals surface area contributed by atoms with Crippen LogP contribution in [0.25, 0.3) is 0 Å². The molecule has 46 heavy (non-hydrogen) atoms. The van der Waals surface area contributed by atoms with Crippen molar-refractivity contribution < 1.29 is 39.8 Å². The largest absolute Gasteiger partial charge is 0.394 e. The van der Waals surface area contributed by atoms with Crippen molar-refractivity contribution in [3.63, 3.8) is 0 Å². The first kappa shape index (κ1) is 42.7. The Bertz CT molecular complexity index is 776. The number of unbranched alkanes of at least 4 members (excludes halogenated alkanes) is 15. The van der Waals surface area contributed by atoms with Crippen molar-refractivity contribution in [2.45, 2.75) is 192 Å². The number of aliphatic hydroxyl groups is 5. The van der Waals surface area contributed by atoms with Gasteiger partial charge in [0.1, 0.15) is 24.4 Å². The zero-order chi connectivity index (χ0) is 33.8. The summed E-state index contributed by atoms with van der Waals surface area (Å²) in [6.45, 7) is 3.70. The van der Waals surface area contributed by atoms with E-state index in [9.17, 15) is 30.3 Å². The van der Waals surface area contributed by atoms with E-state index in [1.54, 1.807) is 0 Å². The van der Waals surface area contributed by atoms with Gasteiger partial charge in [-0.25, -0.2) is 0 Å². The molecule has 0 spiro atoms. The van der Waals surface area contributed by atoms with Crippen molar-refractivity contribution in [2.75, 3.05) is 13.2 Å². The second-order valence-electron chi connectivity index (χ2n) is 13.0. The molecule has 0 bridgehead atoms. The summed E-state index contributed by atoms with van der Waals surface area (Å²) in [4.78, 5) is 12.8. The van der Waals surface area contributed by atoms with Crippen molar-refractivity contribution in [3.8, 4) is 0 Å². The predicted molar refractivity (Wildman–Crippen MR) is 184 cm³/mol. The molecule has 0 saturated carbocycles. The van der Waals surface area contributed by atoms with Crippen LogP contribution < -0.4 is 5.32 Å². The van der Waals surface area contributed by atoms with Crippen LogP contribution in [0.5, 0.6) is 0 Å². The monoisotopic (exact) mass is 656 g/mol. The summed E-state index contributed by atoms with van der Waals surface area (Å²) in [5.74, 6) is -0.160. The summed E-state index contributed by atoms with van der Waals surface area (Å²) in [6.07, 6.45) is 23.5. The molecule has 7 atom stereocenters. The number of carbonyl (C=O) groups is 1. The van der Waals surface area contributed by atoms with Crippen LogP contribution in [0, 0.1) is 0 Å². The van der Waals surface area contributed by atoms with Crippen LogP contribution >= 0.6 is 0 Å². The van der Waals surface area contributed by atoms with Crippen molar-refractivity contribution in [1.82, 2.24) is 5.32 Å². The summed E-state index contributed by atoms with van der Waals surface area (Å²) < 4.78 is 11.1. The topological polar surface area (TPSA) is 149 Å². The molecule has 0 aromatic rings. The molecule has 7 unspecified atom stereocenters. The quantitative estimate of drug-likeness (QED) is 0.0425. The number of amides is 1. The molecular weight excluding hydrogens is 586 g/mol. The SMILES string of the molecule is CCCCC/C=C\C/C=C\CCCCCCCCCC(=O)NC(COC1OC(CO)C(O)C(O)C1O)C(O)CCCCCCCC. The van der Waals surface area contributed by atoms with Crippen LogP contribution in [-0.2, 0) is 14.3 Å². The number of ether oxygens (including phenoxy) is 2. The first-order valence-electron chi connectivity index (χ1n) is 18.5. The van der Waals surface area contributed by atoms with E-state index in [0.717, 1.165) is 51.4 Å². The number of allylic oxidation sites excluding steroid dienone is 4. The van der Waals surface area contributed by atoms with Crippen LogP contribution in [-0.4, -0.2) is 87.5 Å². The van der Waals surface area contributed by atoms with Gasteiger partial charge in [0, 0.05) is 6.42 Å². The van der Waals surface area contributed by atoms with Gasteiger partial charge in [-0.15, -0.1) is 0 Å². The zero-order valence-corrected chi connectivity index (χ0v) is 29.1. The highest BCUT2D eigenvalue weighted by Crippen LogP contribution is 2.23. The number of aliphatic hydroxyl groups excluding tert-OH is 5. The molecule has 1 amide bonds. The van der Waals surface area contributed by atoms with Crippen molar-refractivity contribution in [1.29, 1.82) is 0 Å². The molecule has 1 fully saturated rings. The van der Waals surface area contributed by atoms with Gasteiger partial charge in [-0.2, -0.15) is 0 Å².